The molecule has 1 amide bonds. The number of aliphatic hydroxyl groups excluding tert-OH is 1. The summed E-state index contributed by atoms with van der Waals surface area (Å²) in [6.45, 7) is 5.10. The minimum Gasteiger partial charge on any atom is -0.392 e. The van der Waals surface area contributed by atoms with E-state index in [0.717, 1.165) is 0 Å². The monoisotopic (exact) mass is 185 g/mol. The van der Waals surface area contributed by atoms with Gasteiger partial charge in [-0.15, -0.1) is 0 Å². The maximum absolute atomic E-state index is 11.5. The molecule has 1 rings (SSSR count). The third-order valence-electron chi connectivity index (χ3n) is 2.35. The van der Waals surface area contributed by atoms with Crippen molar-refractivity contribution in [3.63, 3.8) is 0 Å². The van der Waals surface area contributed by atoms with Crippen LogP contribution in [-0.4, -0.2) is 28.9 Å². The second-order valence-corrected chi connectivity index (χ2v) is 3.81. The molecular weight excluding hydrogens is 170 g/mol. The molecule has 1 saturated heterocycles. The maximum atomic E-state index is 11.5. The van der Waals surface area contributed by atoms with Crippen LogP contribution in [0, 0.1) is 11.8 Å². The summed E-state index contributed by atoms with van der Waals surface area (Å²) in [5.74, 6) is -0.888. The Morgan fingerprint density at radius 1 is 1.46 bits per heavy atom. The van der Waals surface area contributed by atoms with E-state index in [0.29, 0.717) is 0 Å². The van der Waals surface area contributed by atoms with Crippen LogP contribution in [0.15, 0.2) is 0 Å². The van der Waals surface area contributed by atoms with Crippen molar-refractivity contribution >= 4 is 11.7 Å². The van der Waals surface area contributed by atoms with E-state index in [4.69, 9.17) is 0 Å². The van der Waals surface area contributed by atoms with E-state index in [1.807, 2.05) is 0 Å². The van der Waals surface area contributed by atoms with Crippen molar-refractivity contribution in [3.05, 3.63) is 0 Å². The van der Waals surface area contributed by atoms with Crippen molar-refractivity contribution in [2.75, 3.05) is 0 Å². The Balaban J connectivity index is 2.64. The van der Waals surface area contributed by atoms with Crippen molar-refractivity contribution in [1.29, 1.82) is 0 Å². The zero-order valence-corrected chi connectivity index (χ0v) is 8.07. The molecule has 1 fully saturated rings. The van der Waals surface area contributed by atoms with E-state index in [1.54, 1.807) is 13.8 Å². The van der Waals surface area contributed by atoms with Crippen LogP contribution in [0.3, 0.4) is 0 Å². The Bertz CT molecular complexity index is 235. The summed E-state index contributed by atoms with van der Waals surface area (Å²) < 4.78 is 0. The molecule has 0 aromatic rings. The molecule has 0 aliphatic carbocycles. The van der Waals surface area contributed by atoms with E-state index in [9.17, 15) is 14.7 Å². The molecule has 0 spiro atoms. The smallest absolute Gasteiger partial charge is 0.228 e. The van der Waals surface area contributed by atoms with Gasteiger partial charge in [0.05, 0.1) is 12.0 Å². The third kappa shape index (κ3) is 1.72. The van der Waals surface area contributed by atoms with Gasteiger partial charge in [0.2, 0.25) is 5.91 Å². The van der Waals surface area contributed by atoms with Gasteiger partial charge in [0.1, 0.15) is 6.04 Å². The van der Waals surface area contributed by atoms with Gasteiger partial charge in [0.15, 0.2) is 5.78 Å². The first-order valence-corrected chi connectivity index (χ1v) is 4.47. The van der Waals surface area contributed by atoms with E-state index in [-0.39, 0.29) is 17.6 Å². The predicted octanol–water partition coefficient (Wildman–Crippen LogP) is -0.293. The van der Waals surface area contributed by atoms with Crippen molar-refractivity contribution in [3.8, 4) is 0 Å². The number of rotatable bonds is 3. The highest BCUT2D eigenvalue weighted by Gasteiger charge is 2.46. The molecule has 4 heteroatoms. The first kappa shape index (κ1) is 10.2. The Morgan fingerprint density at radius 3 is 2.31 bits per heavy atom. The van der Waals surface area contributed by atoms with E-state index < -0.39 is 18.1 Å². The number of carbonyl (C=O) groups is 2. The van der Waals surface area contributed by atoms with Crippen molar-refractivity contribution < 1.29 is 14.7 Å². The molecule has 0 aromatic carbocycles. The summed E-state index contributed by atoms with van der Waals surface area (Å²) in [4.78, 5) is 22.4. The molecule has 2 N–H and O–H groups in total. The summed E-state index contributed by atoms with van der Waals surface area (Å²) in [5.41, 5.74) is 0. The van der Waals surface area contributed by atoms with Gasteiger partial charge in [-0.05, 0) is 6.92 Å². The normalized spacial score (nSPS) is 29.5. The minimum atomic E-state index is -0.749. The number of Topliss-reactive ketones (excluding diaryl/α,β-unsaturated/α-hetero) is 1. The third-order valence-corrected chi connectivity index (χ3v) is 2.35. The molecule has 0 bridgehead atoms. The Kier molecular flexibility index (Phi) is 2.71. The lowest BCUT2D eigenvalue weighted by atomic mass is 9.80. The lowest BCUT2D eigenvalue weighted by Gasteiger charge is -2.38. The Labute approximate surface area is 77.3 Å². The van der Waals surface area contributed by atoms with Gasteiger partial charge < -0.3 is 10.4 Å². The first-order valence-electron chi connectivity index (χ1n) is 4.47. The average Bonchev–Trinajstić information content (AvgIpc) is 1.97. The van der Waals surface area contributed by atoms with Gasteiger partial charge in [0.25, 0.3) is 0 Å². The second-order valence-electron chi connectivity index (χ2n) is 3.81. The van der Waals surface area contributed by atoms with Crippen LogP contribution in [0.1, 0.15) is 20.8 Å². The molecule has 0 unspecified atom stereocenters. The highest BCUT2D eigenvalue weighted by molar-refractivity contribution is 6.01. The van der Waals surface area contributed by atoms with Gasteiger partial charge in [-0.3, -0.25) is 9.59 Å². The van der Waals surface area contributed by atoms with Crippen LogP contribution in [0.4, 0.5) is 0 Å². The molecule has 1 aliphatic heterocycles. The molecule has 0 aromatic heterocycles. The molecule has 0 radical (unpaired) electrons. The summed E-state index contributed by atoms with van der Waals surface area (Å²) in [7, 11) is 0. The molecule has 3 atom stereocenters. The zero-order chi connectivity index (χ0) is 10.2. The van der Waals surface area contributed by atoms with Crippen molar-refractivity contribution in [1.82, 2.24) is 5.32 Å². The maximum Gasteiger partial charge on any atom is 0.228 e. The largest absolute Gasteiger partial charge is 0.392 e. The molecule has 4 nitrogen and oxygen atoms in total. The van der Waals surface area contributed by atoms with Crippen LogP contribution < -0.4 is 5.32 Å². The zero-order valence-electron chi connectivity index (χ0n) is 8.07. The van der Waals surface area contributed by atoms with Gasteiger partial charge in [-0.1, -0.05) is 13.8 Å². The fourth-order valence-electron chi connectivity index (χ4n) is 1.50. The first-order chi connectivity index (χ1) is 5.95. The lowest BCUT2D eigenvalue weighted by molar-refractivity contribution is -0.148. The quantitative estimate of drug-likeness (QED) is 0.594. The van der Waals surface area contributed by atoms with Gasteiger partial charge in [0, 0.05) is 5.92 Å². The van der Waals surface area contributed by atoms with E-state index in [1.165, 1.54) is 6.92 Å². The Hall–Kier alpha value is -0.900. The summed E-state index contributed by atoms with van der Waals surface area (Å²) >= 11 is 0. The number of nitrogens with one attached hydrogen (secondary N) is 1. The van der Waals surface area contributed by atoms with Gasteiger partial charge in [-0.25, -0.2) is 0 Å². The van der Waals surface area contributed by atoms with Gasteiger partial charge >= 0.3 is 0 Å². The number of hydrogen-bond donors (Lipinski definition) is 2. The lowest BCUT2D eigenvalue weighted by Crippen LogP contribution is -2.65. The molecule has 13 heavy (non-hydrogen) atoms. The van der Waals surface area contributed by atoms with Crippen LogP contribution in [0.5, 0.6) is 0 Å². The second kappa shape index (κ2) is 3.46. The summed E-state index contributed by atoms with van der Waals surface area (Å²) in [6, 6.07) is -0.479. The van der Waals surface area contributed by atoms with Gasteiger partial charge in [-0.2, -0.15) is 0 Å². The highest BCUT2D eigenvalue weighted by atomic mass is 16.3. The average molecular weight is 185 g/mol. The fourth-order valence-corrected chi connectivity index (χ4v) is 1.50. The number of ketones is 1. The van der Waals surface area contributed by atoms with Crippen molar-refractivity contribution in [2.24, 2.45) is 11.8 Å². The topological polar surface area (TPSA) is 66.4 Å². The number of aliphatic hydroxyl groups is 1. The SMILES string of the molecule is CC(C)C(=O)[C@H]1NC(=O)[C@@H]1[C@@H](C)O. The number of hydrogen-bond acceptors (Lipinski definition) is 3. The number of amides is 1. The molecule has 74 valence electrons. The number of β-lactam (4-membered cyclic amide) rings is 1. The van der Waals surface area contributed by atoms with Crippen molar-refractivity contribution in [2.45, 2.75) is 32.9 Å². The molecule has 1 aliphatic rings. The summed E-state index contributed by atoms with van der Waals surface area (Å²) in [5, 5.41) is 11.7. The summed E-state index contributed by atoms with van der Waals surface area (Å²) in [6.07, 6.45) is -0.749. The van der Waals surface area contributed by atoms with Crippen LogP contribution in [-0.2, 0) is 9.59 Å². The molecule has 0 saturated carbocycles. The highest BCUT2D eigenvalue weighted by Crippen LogP contribution is 2.22. The molecule has 1 heterocycles. The standard InChI is InChI=1S/C9H15NO3/c1-4(2)8(12)7-6(5(3)11)9(13)10-7/h4-7,11H,1-3H3,(H,10,13)/t5-,6-,7+/m1/s1. The fraction of sp³-hybridized carbons (Fsp3) is 0.778. The minimum absolute atomic E-state index is 0.00880. The Morgan fingerprint density at radius 2 is 2.00 bits per heavy atom. The van der Waals surface area contributed by atoms with Crippen LogP contribution >= 0.6 is 0 Å². The van der Waals surface area contributed by atoms with Crippen LogP contribution in [0.2, 0.25) is 0 Å². The van der Waals surface area contributed by atoms with E-state index >= 15 is 0 Å². The molecular formula is C9H15NO3. The van der Waals surface area contributed by atoms with Crippen LogP contribution in [0.25, 0.3) is 0 Å². The van der Waals surface area contributed by atoms with E-state index in [2.05, 4.69) is 5.32 Å². The number of carbonyl (C=O) groups excluding carboxylic acids is 2. The predicted molar refractivity (Wildman–Crippen MR) is 46.9 cm³/mol.